The molecule has 0 aliphatic heterocycles. The minimum absolute atomic E-state index is 0.0216. The summed E-state index contributed by atoms with van der Waals surface area (Å²) in [5.74, 6) is 0. The van der Waals surface area contributed by atoms with Gasteiger partial charge in [-0.3, -0.25) is 0 Å². The van der Waals surface area contributed by atoms with Crippen molar-refractivity contribution in [1.82, 2.24) is 0 Å². The topological polar surface area (TPSA) is 47.6 Å². The van der Waals surface area contributed by atoms with Crippen molar-refractivity contribution < 1.29 is 0 Å². The molecule has 0 saturated carbocycles. The molecule has 0 heterocycles. The van der Waals surface area contributed by atoms with Crippen molar-refractivity contribution in [2.24, 2.45) is 0 Å². The number of allylic oxidation sites excluding steroid dienone is 2. The molecule has 0 saturated heterocycles. The maximum absolute atomic E-state index is 8.08. The monoisotopic (exact) mass is 126 g/mol. The largest absolute Gasteiger partial charge is 0.192 e. The molecule has 2 nitrogen and oxygen atoms in total. The molecule has 0 atom stereocenters. The molecule has 0 aromatic rings. The van der Waals surface area contributed by atoms with E-state index in [-0.39, 0.29) is 10.6 Å². The summed E-state index contributed by atoms with van der Waals surface area (Å²) >= 11 is 5.28. The van der Waals surface area contributed by atoms with Gasteiger partial charge in [-0.1, -0.05) is 11.6 Å². The van der Waals surface area contributed by atoms with Crippen LogP contribution in [0.5, 0.6) is 0 Å². The Labute approximate surface area is 52.6 Å². The molecule has 0 spiro atoms. The molecule has 0 amide bonds. The molecule has 0 aliphatic rings. The molecule has 0 fully saturated rings. The third kappa shape index (κ3) is 1.64. The fourth-order valence-corrected chi connectivity index (χ4v) is 0.264. The Morgan fingerprint density at radius 2 is 1.75 bits per heavy atom. The zero-order valence-corrected chi connectivity index (χ0v) is 5.03. The van der Waals surface area contributed by atoms with Crippen molar-refractivity contribution in [3.05, 3.63) is 10.6 Å². The second-order valence-electron chi connectivity index (χ2n) is 1.13. The zero-order valence-electron chi connectivity index (χ0n) is 4.27. The highest BCUT2D eigenvalue weighted by molar-refractivity contribution is 6.30. The third-order valence-electron chi connectivity index (χ3n) is 0.568. The summed E-state index contributed by atoms with van der Waals surface area (Å²) in [6.45, 7) is 1.50. The minimum atomic E-state index is -0.0216. The summed E-state index contributed by atoms with van der Waals surface area (Å²) in [5, 5.41) is 16.4. The quantitative estimate of drug-likeness (QED) is 0.463. The minimum Gasteiger partial charge on any atom is -0.192 e. The van der Waals surface area contributed by atoms with E-state index in [1.54, 1.807) is 12.1 Å². The average molecular weight is 127 g/mol. The Kier molecular flexibility index (Phi) is 2.69. The smallest absolute Gasteiger partial charge is 0.143 e. The summed E-state index contributed by atoms with van der Waals surface area (Å²) < 4.78 is 0. The fraction of sp³-hybridized carbons (Fsp3) is 0.200. The lowest BCUT2D eigenvalue weighted by atomic mass is 10.3. The summed E-state index contributed by atoms with van der Waals surface area (Å²) in [5.41, 5.74) is -0.0216. The molecule has 0 unspecified atom stereocenters. The summed E-state index contributed by atoms with van der Waals surface area (Å²) in [7, 11) is 0. The highest BCUT2D eigenvalue weighted by atomic mass is 35.5. The second-order valence-corrected chi connectivity index (χ2v) is 1.70. The van der Waals surface area contributed by atoms with Crippen LogP contribution in [-0.2, 0) is 0 Å². The first-order valence-electron chi connectivity index (χ1n) is 1.89. The first-order chi connectivity index (χ1) is 3.72. The van der Waals surface area contributed by atoms with E-state index in [0.29, 0.717) is 0 Å². The van der Waals surface area contributed by atoms with E-state index >= 15 is 0 Å². The maximum atomic E-state index is 8.08. The van der Waals surface area contributed by atoms with Crippen LogP contribution < -0.4 is 0 Å². The molecule has 8 heavy (non-hydrogen) atoms. The van der Waals surface area contributed by atoms with Crippen molar-refractivity contribution >= 4 is 11.6 Å². The lowest BCUT2D eigenvalue weighted by molar-refractivity contribution is 1.44. The Morgan fingerprint density at radius 1 is 1.38 bits per heavy atom. The van der Waals surface area contributed by atoms with Gasteiger partial charge in [0.2, 0.25) is 0 Å². The summed E-state index contributed by atoms with van der Waals surface area (Å²) in [6, 6.07) is 3.28. The molecule has 0 aromatic heterocycles. The Balaban J connectivity index is 4.47. The van der Waals surface area contributed by atoms with Gasteiger partial charge in [-0.15, -0.1) is 0 Å². The standard InChI is InChI=1S/C5H3ClN2/c1-4(6)5(2-7)3-8/h1H3. The van der Waals surface area contributed by atoms with E-state index in [9.17, 15) is 0 Å². The molecule has 3 heteroatoms. The highest BCUT2D eigenvalue weighted by Gasteiger charge is 1.93. The Hall–Kier alpha value is -0.990. The number of halogens is 1. The molecule has 0 rings (SSSR count). The van der Waals surface area contributed by atoms with Crippen LogP contribution in [0.2, 0.25) is 0 Å². The lowest BCUT2D eigenvalue weighted by Gasteiger charge is -1.78. The second kappa shape index (κ2) is 3.07. The molecule has 0 N–H and O–H groups in total. The van der Waals surface area contributed by atoms with Crippen molar-refractivity contribution in [3.8, 4) is 12.1 Å². The highest BCUT2D eigenvalue weighted by Crippen LogP contribution is 2.04. The number of rotatable bonds is 0. The maximum Gasteiger partial charge on any atom is 0.143 e. The van der Waals surface area contributed by atoms with Gasteiger partial charge in [-0.25, -0.2) is 0 Å². The summed E-state index contributed by atoms with van der Waals surface area (Å²) in [6.07, 6.45) is 0. The van der Waals surface area contributed by atoms with Crippen LogP contribution in [0.3, 0.4) is 0 Å². The van der Waals surface area contributed by atoms with Gasteiger partial charge in [-0.05, 0) is 6.92 Å². The number of nitrogens with zero attached hydrogens (tertiary/aromatic N) is 2. The molecular weight excluding hydrogens is 124 g/mol. The predicted molar refractivity (Wildman–Crippen MR) is 29.8 cm³/mol. The van der Waals surface area contributed by atoms with Crippen LogP contribution in [-0.4, -0.2) is 0 Å². The van der Waals surface area contributed by atoms with Gasteiger partial charge in [0, 0.05) is 5.03 Å². The Morgan fingerprint density at radius 3 is 1.75 bits per heavy atom. The zero-order chi connectivity index (χ0) is 6.57. The molecule has 0 aromatic carbocycles. The van der Waals surface area contributed by atoms with E-state index in [0.717, 1.165) is 0 Å². The SMILES string of the molecule is CC(Cl)=C(C#N)C#N. The first kappa shape index (κ1) is 7.01. The van der Waals surface area contributed by atoms with E-state index in [2.05, 4.69) is 0 Å². The molecule has 40 valence electrons. The van der Waals surface area contributed by atoms with Crippen LogP contribution in [0, 0.1) is 22.7 Å². The molecule has 0 bridgehead atoms. The predicted octanol–water partition coefficient (Wildman–Crippen LogP) is 1.55. The average Bonchev–Trinajstić information content (AvgIpc) is 1.69. The van der Waals surface area contributed by atoms with Crippen molar-refractivity contribution in [2.45, 2.75) is 6.92 Å². The van der Waals surface area contributed by atoms with Crippen LogP contribution in [0.15, 0.2) is 10.6 Å². The molecule has 0 radical (unpaired) electrons. The van der Waals surface area contributed by atoms with Gasteiger partial charge in [0.05, 0.1) is 0 Å². The van der Waals surface area contributed by atoms with Crippen molar-refractivity contribution in [3.63, 3.8) is 0 Å². The van der Waals surface area contributed by atoms with Crippen LogP contribution in [0.25, 0.3) is 0 Å². The van der Waals surface area contributed by atoms with Crippen molar-refractivity contribution in [2.75, 3.05) is 0 Å². The number of nitriles is 2. The fourth-order valence-electron chi connectivity index (χ4n) is 0.179. The van der Waals surface area contributed by atoms with Gasteiger partial charge in [0.1, 0.15) is 17.7 Å². The first-order valence-corrected chi connectivity index (χ1v) is 2.26. The molecular formula is C5H3ClN2. The number of hydrogen-bond donors (Lipinski definition) is 0. The van der Waals surface area contributed by atoms with E-state index in [1.807, 2.05) is 0 Å². The molecule has 0 aliphatic carbocycles. The summed E-state index contributed by atoms with van der Waals surface area (Å²) in [4.78, 5) is 0. The lowest BCUT2D eigenvalue weighted by Crippen LogP contribution is -1.71. The van der Waals surface area contributed by atoms with Gasteiger partial charge in [0.15, 0.2) is 0 Å². The number of hydrogen-bond acceptors (Lipinski definition) is 2. The van der Waals surface area contributed by atoms with E-state index in [1.165, 1.54) is 6.92 Å². The van der Waals surface area contributed by atoms with Gasteiger partial charge in [-0.2, -0.15) is 10.5 Å². The van der Waals surface area contributed by atoms with E-state index < -0.39 is 0 Å². The van der Waals surface area contributed by atoms with Crippen LogP contribution in [0.1, 0.15) is 6.92 Å². The normalized spacial score (nSPS) is 6.50. The van der Waals surface area contributed by atoms with Gasteiger partial charge >= 0.3 is 0 Å². The van der Waals surface area contributed by atoms with E-state index in [4.69, 9.17) is 22.1 Å². The van der Waals surface area contributed by atoms with Crippen LogP contribution >= 0.6 is 11.6 Å². The van der Waals surface area contributed by atoms with Crippen LogP contribution in [0.4, 0.5) is 0 Å². The Bertz CT molecular complexity index is 171. The third-order valence-corrected chi connectivity index (χ3v) is 0.757. The van der Waals surface area contributed by atoms with Gasteiger partial charge in [0.25, 0.3) is 0 Å². The van der Waals surface area contributed by atoms with Gasteiger partial charge < -0.3 is 0 Å². The van der Waals surface area contributed by atoms with Crippen molar-refractivity contribution in [1.29, 1.82) is 10.5 Å².